The molecule has 0 atom stereocenters. The largest absolute Gasteiger partial charge is 0.342 e. The van der Waals surface area contributed by atoms with Crippen LogP contribution in [0.3, 0.4) is 0 Å². The Morgan fingerprint density at radius 3 is 2.37 bits per heavy atom. The SMILES string of the molecule is Cc1cccc(S(=O)(=O)C(C)(C)CCN(C)C(=O)c2ccc(F)c(C)c2)c1. The van der Waals surface area contributed by atoms with E-state index in [1.54, 1.807) is 46.0 Å². The molecule has 146 valence electrons. The summed E-state index contributed by atoms with van der Waals surface area (Å²) in [7, 11) is -1.93. The van der Waals surface area contributed by atoms with Crippen LogP contribution in [0.1, 0.15) is 41.8 Å². The maximum Gasteiger partial charge on any atom is 0.253 e. The van der Waals surface area contributed by atoms with Crippen molar-refractivity contribution < 1.29 is 17.6 Å². The molecular formula is C21H26FNO3S. The molecule has 0 bridgehead atoms. The number of halogens is 1. The number of rotatable bonds is 6. The van der Waals surface area contributed by atoms with E-state index in [2.05, 4.69) is 0 Å². The average Bonchev–Trinajstić information content (AvgIpc) is 2.61. The highest BCUT2D eigenvalue weighted by atomic mass is 32.2. The molecule has 2 aromatic rings. The minimum Gasteiger partial charge on any atom is -0.342 e. The maximum atomic E-state index is 13.4. The molecule has 0 N–H and O–H groups in total. The summed E-state index contributed by atoms with van der Waals surface area (Å²) in [5.41, 5.74) is 1.67. The van der Waals surface area contributed by atoms with Crippen LogP contribution in [-0.4, -0.2) is 37.6 Å². The van der Waals surface area contributed by atoms with Crippen LogP contribution in [0.25, 0.3) is 0 Å². The third kappa shape index (κ3) is 4.56. The highest BCUT2D eigenvalue weighted by molar-refractivity contribution is 7.92. The molecule has 0 radical (unpaired) electrons. The number of amides is 1. The lowest BCUT2D eigenvalue weighted by Crippen LogP contribution is -2.38. The van der Waals surface area contributed by atoms with E-state index in [4.69, 9.17) is 0 Å². The van der Waals surface area contributed by atoms with Gasteiger partial charge >= 0.3 is 0 Å². The summed E-state index contributed by atoms with van der Waals surface area (Å²) in [4.78, 5) is 14.3. The van der Waals surface area contributed by atoms with Crippen LogP contribution >= 0.6 is 0 Å². The number of hydrogen-bond donors (Lipinski definition) is 0. The molecule has 0 aliphatic rings. The monoisotopic (exact) mass is 391 g/mol. The van der Waals surface area contributed by atoms with Crippen molar-refractivity contribution in [2.75, 3.05) is 13.6 Å². The molecule has 0 aliphatic heterocycles. The lowest BCUT2D eigenvalue weighted by molar-refractivity contribution is 0.0790. The van der Waals surface area contributed by atoms with Gasteiger partial charge in [-0.05, 0) is 75.6 Å². The fourth-order valence-electron chi connectivity index (χ4n) is 2.77. The summed E-state index contributed by atoms with van der Waals surface area (Å²) >= 11 is 0. The fraction of sp³-hybridized carbons (Fsp3) is 0.381. The zero-order chi connectivity index (χ0) is 20.4. The number of sulfone groups is 1. The second kappa shape index (κ2) is 7.80. The van der Waals surface area contributed by atoms with E-state index in [0.717, 1.165) is 5.56 Å². The van der Waals surface area contributed by atoms with Gasteiger partial charge < -0.3 is 4.90 Å². The van der Waals surface area contributed by atoms with Crippen LogP contribution in [0.15, 0.2) is 47.4 Å². The molecule has 1 amide bonds. The Bertz CT molecular complexity index is 952. The van der Waals surface area contributed by atoms with Gasteiger partial charge in [0, 0.05) is 19.2 Å². The zero-order valence-corrected chi connectivity index (χ0v) is 17.2. The molecule has 0 saturated carbocycles. The second-order valence-corrected chi connectivity index (χ2v) is 10.1. The Balaban J connectivity index is 2.13. The minimum absolute atomic E-state index is 0.262. The topological polar surface area (TPSA) is 54.5 Å². The van der Waals surface area contributed by atoms with Crippen molar-refractivity contribution in [3.05, 3.63) is 65.0 Å². The third-order valence-corrected chi connectivity index (χ3v) is 7.36. The van der Waals surface area contributed by atoms with Crippen molar-refractivity contribution in [1.29, 1.82) is 0 Å². The summed E-state index contributed by atoms with van der Waals surface area (Å²) in [6, 6.07) is 11.0. The number of nitrogens with zero attached hydrogens (tertiary/aromatic N) is 1. The Labute approximate surface area is 160 Å². The lowest BCUT2D eigenvalue weighted by Gasteiger charge is -2.28. The normalized spacial score (nSPS) is 12.1. The average molecular weight is 392 g/mol. The first-order valence-corrected chi connectivity index (χ1v) is 10.3. The molecule has 27 heavy (non-hydrogen) atoms. The summed E-state index contributed by atoms with van der Waals surface area (Å²) < 4.78 is 38.4. The van der Waals surface area contributed by atoms with Gasteiger partial charge in [0.05, 0.1) is 9.64 Å². The molecule has 0 unspecified atom stereocenters. The van der Waals surface area contributed by atoms with Gasteiger partial charge in [0.25, 0.3) is 5.91 Å². The van der Waals surface area contributed by atoms with Crippen LogP contribution in [0.2, 0.25) is 0 Å². The first-order valence-electron chi connectivity index (χ1n) is 8.78. The molecule has 0 fully saturated rings. The van der Waals surface area contributed by atoms with Gasteiger partial charge in [0.2, 0.25) is 0 Å². The van der Waals surface area contributed by atoms with Crippen LogP contribution in [0.5, 0.6) is 0 Å². The van der Waals surface area contributed by atoms with Gasteiger partial charge in [-0.1, -0.05) is 12.1 Å². The Hall–Kier alpha value is -2.21. The van der Waals surface area contributed by atoms with E-state index in [9.17, 15) is 17.6 Å². The van der Waals surface area contributed by atoms with Gasteiger partial charge in [-0.15, -0.1) is 0 Å². The molecule has 4 nitrogen and oxygen atoms in total. The van der Waals surface area contributed by atoms with Crippen LogP contribution in [0.4, 0.5) is 4.39 Å². The number of carbonyl (C=O) groups excluding carboxylic acids is 1. The fourth-order valence-corrected chi connectivity index (χ4v) is 4.37. The van der Waals surface area contributed by atoms with Crippen molar-refractivity contribution in [2.24, 2.45) is 0 Å². The van der Waals surface area contributed by atoms with E-state index in [1.807, 2.05) is 13.0 Å². The van der Waals surface area contributed by atoms with Crippen molar-refractivity contribution in [3.63, 3.8) is 0 Å². The molecule has 0 heterocycles. The quantitative estimate of drug-likeness (QED) is 0.743. The molecule has 6 heteroatoms. The number of carbonyl (C=O) groups is 1. The Morgan fingerprint density at radius 2 is 1.78 bits per heavy atom. The van der Waals surface area contributed by atoms with Gasteiger partial charge in [0.15, 0.2) is 9.84 Å². The van der Waals surface area contributed by atoms with Gasteiger partial charge in [-0.25, -0.2) is 12.8 Å². The van der Waals surface area contributed by atoms with E-state index in [1.165, 1.54) is 23.1 Å². The molecule has 2 rings (SSSR count). The molecule has 0 spiro atoms. The first kappa shape index (κ1) is 21.1. The second-order valence-electron chi connectivity index (χ2n) is 7.52. The number of aryl methyl sites for hydroxylation is 2. The molecule has 0 aromatic heterocycles. The highest BCUT2D eigenvalue weighted by Gasteiger charge is 2.36. The summed E-state index contributed by atoms with van der Waals surface area (Å²) in [6.45, 7) is 7.07. The smallest absolute Gasteiger partial charge is 0.253 e. The zero-order valence-electron chi connectivity index (χ0n) is 16.4. The standard InChI is InChI=1S/C21H26FNO3S/c1-15-7-6-8-18(13-15)27(25,26)21(3,4)11-12-23(5)20(24)17-9-10-19(22)16(2)14-17/h6-10,13-14H,11-12H2,1-5H3. The maximum absolute atomic E-state index is 13.4. The first-order chi connectivity index (χ1) is 12.5. The van der Waals surface area contributed by atoms with Crippen LogP contribution in [0, 0.1) is 19.7 Å². The van der Waals surface area contributed by atoms with Gasteiger partial charge in [-0.2, -0.15) is 0 Å². The summed E-state index contributed by atoms with van der Waals surface area (Å²) in [5.74, 6) is -0.624. The van der Waals surface area contributed by atoms with E-state index in [0.29, 0.717) is 11.1 Å². The van der Waals surface area contributed by atoms with Crippen molar-refractivity contribution in [1.82, 2.24) is 4.90 Å². The lowest BCUT2D eigenvalue weighted by atomic mass is 10.1. The van der Waals surface area contributed by atoms with Crippen LogP contribution in [-0.2, 0) is 9.84 Å². The minimum atomic E-state index is -3.55. The Morgan fingerprint density at radius 1 is 1.11 bits per heavy atom. The predicted molar refractivity (Wildman–Crippen MR) is 105 cm³/mol. The van der Waals surface area contributed by atoms with Crippen molar-refractivity contribution in [2.45, 2.75) is 43.8 Å². The molecular weight excluding hydrogens is 365 g/mol. The molecule has 0 aliphatic carbocycles. The highest BCUT2D eigenvalue weighted by Crippen LogP contribution is 2.29. The summed E-state index contributed by atoms with van der Waals surface area (Å²) in [5, 5.41) is 0. The van der Waals surface area contributed by atoms with Gasteiger partial charge in [0.1, 0.15) is 5.82 Å². The van der Waals surface area contributed by atoms with Crippen molar-refractivity contribution in [3.8, 4) is 0 Å². The molecule has 0 saturated heterocycles. The third-order valence-electron chi connectivity index (χ3n) is 4.83. The molecule has 2 aromatic carbocycles. The van der Waals surface area contributed by atoms with Gasteiger partial charge in [-0.3, -0.25) is 4.79 Å². The van der Waals surface area contributed by atoms with E-state index < -0.39 is 14.6 Å². The number of benzene rings is 2. The summed E-state index contributed by atoms with van der Waals surface area (Å²) in [6.07, 6.45) is 0.283. The Kier molecular flexibility index (Phi) is 6.10. The number of hydrogen-bond acceptors (Lipinski definition) is 3. The van der Waals surface area contributed by atoms with Crippen LogP contribution < -0.4 is 0 Å². The van der Waals surface area contributed by atoms with Crippen molar-refractivity contribution >= 4 is 15.7 Å². The van der Waals surface area contributed by atoms with E-state index >= 15 is 0 Å². The van der Waals surface area contributed by atoms with E-state index in [-0.39, 0.29) is 29.6 Å². The predicted octanol–water partition coefficient (Wildman–Crippen LogP) is 4.16.